The van der Waals surface area contributed by atoms with E-state index in [4.69, 9.17) is 4.98 Å². The average molecular weight is 376 g/mol. The second-order valence-electron chi connectivity index (χ2n) is 7.24. The Morgan fingerprint density at radius 2 is 2.12 bits per heavy atom. The van der Waals surface area contributed by atoms with Crippen LogP contribution in [0.15, 0.2) is 24.3 Å². The zero-order valence-electron chi connectivity index (χ0n) is 15.4. The molecule has 6 nitrogen and oxygen atoms in total. The third-order valence-corrected chi connectivity index (χ3v) is 5.78. The Labute approximate surface area is 158 Å². The number of thiazole rings is 1. The topological polar surface area (TPSA) is 75.5 Å². The maximum absolute atomic E-state index is 12.2. The zero-order valence-corrected chi connectivity index (χ0v) is 16.2. The molecule has 26 heavy (non-hydrogen) atoms. The van der Waals surface area contributed by atoms with Crippen LogP contribution in [0.3, 0.4) is 0 Å². The second kappa shape index (κ2) is 8.60. The monoisotopic (exact) mass is 375 g/mol. The standard InChI is InChI=1S/C19H26N4O2S/c1-13(2)21-17(24)10-20-18(25)12-23-9-5-6-14(11-23)19-22-15-7-3-4-8-16(15)26-19/h3-4,7-8,13-14H,5-6,9-12H2,1-2H3,(H,20,25)(H,21,24)/p+1/t14-/m0/s1. The smallest absolute Gasteiger partial charge is 0.275 e. The molecule has 3 rings (SSSR count). The van der Waals surface area contributed by atoms with Crippen LogP contribution in [0.1, 0.15) is 37.6 Å². The number of likely N-dealkylation sites (tertiary alicyclic amines) is 1. The molecule has 1 aliphatic heterocycles. The number of aromatic nitrogens is 1. The molecule has 0 radical (unpaired) electrons. The van der Waals surface area contributed by atoms with Gasteiger partial charge in [-0.2, -0.15) is 0 Å². The lowest BCUT2D eigenvalue weighted by Gasteiger charge is -2.28. The number of fused-ring (bicyclic) bond motifs is 1. The number of carbonyl (C=O) groups excluding carboxylic acids is 2. The molecule has 0 saturated carbocycles. The number of nitrogens with zero attached hydrogens (tertiary/aromatic N) is 1. The summed E-state index contributed by atoms with van der Waals surface area (Å²) in [7, 11) is 0. The maximum atomic E-state index is 12.2. The molecule has 0 bridgehead atoms. The summed E-state index contributed by atoms with van der Waals surface area (Å²) in [5.41, 5.74) is 1.06. The third kappa shape index (κ3) is 5.02. The van der Waals surface area contributed by atoms with E-state index >= 15 is 0 Å². The van der Waals surface area contributed by atoms with Crippen LogP contribution in [0.4, 0.5) is 0 Å². The number of amides is 2. The Bertz CT molecular complexity index is 741. The molecule has 1 fully saturated rings. The number of benzene rings is 1. The quantitative estimate of drug-likeness (QED) is 0.696. The highest BCUT2D eigenvalue weighted by Crippen LogP contribution is 2.30. The van der Waals surface area contributed by atoms with Gasteiger partial charge in [0.05, 0.1) is 35.8 Å². The van der Waals surface area contributed by atoms with Crippen LogP contribution in [-0.4, -0.2) is 49.0 Å². The van der Waals surface area contributed by atoms with E-state index < -0.39 is 0 Å². The molecular weight excluding hydrogens is 348 g/mol. The molecule has 3 N–H and O–H groups in total. The number of carbonyl (C=O) groups is 2. The molecule has 1 unspecified atom stereocenters. The minimum atomic E-state index is -0.144. The van der Waals surface area contributed by atoms with Gasteiger partial charge in [-0.15, -0.1) is 11.3 Å². The lowest BCUT2D eigenvalue weighted by molar-refractivity contribution is -0.898. The summed E-state index contributed by atoms with van der Waals surface area (Å²) in [4.78, 5) is 29.8. The molecule has 1 aromatic heterocycles. The Kier molecular flexibility index (Phi) is 6.21. The number of hydrogen-bond donors (Lipinski definition) is 3. The van der Waals surface area contributed by atoms with Crippen LogP contribution >= 0.6 is 11.3 Å². The van der Waals surface area contributed by atoms with E-state index in [1.807, 2.05) is 26.0 Å². The number of hydrogen-bond acceptors (Lipinski definition) is 4. The largest absolute Gasteiger partial charge is 0.352 e. The van der Waals surface area contributed by atoms with Crippen LogP contribution in [-0.2, 0) is 9.59 Å². The molecule has 2 atom stereocenters. The van der Waals surface area contributed by atoms with Gasteiger partial charge in [0.2, 0.25) is 5.91 Å². The van der Waals surface area contributed by atoms with Crippen molar-refractivity contribution in [2.75, 3.05) is 26.2 Å². The molecule has 0 spiro atoms. The highest BCUT2D eigenvalue weighted by Gasteiger charge is 2.28. The van der Waals surface area contributed by atoms with Crippen molar-refractivity contribution >= 4 is 33.4 Å². The SMILES string of the molecule is CC(C)NC(=O)CNC(=O)C[NH+]1CCC[C@H](c2nc3ccccc3s2)C1. The molecule has 1 saturated heterocycles. The van der Waals surface area contributed by atoms with Gasteiger partial charge in [-0.05, 0) is 38.8 Å². The minimum absolute atomic E-state index is 0.0472. The average Bonchev–Trinajstić information content (AvgIpc) is 3.04. The van der Waals surface area contributed by atoms with Crippen molar-refractivity contribution in [1.82, 2.24) is 15.6 Å². The van der Waals surface area contributed by atoms with Gasteiger partial charge >= 0.3 is 0 Å². The van der Waals surface area contributed by atoms with Gasteiger partial charge in [0, 0.05) is 6.04 Å². The number of rotatable bonds is 6. The summed E-state index contributed by atoms with van der Waals surface area (Å²) in [6.45, 7) is 6.18. The third-order valence-electron chi connectivity index (χ3n) is 4.58. The van der Waals surface area contributed by atoms with Crippen molar-refractivity contribution in [2.45, 2.75) is 38.6 Å². The van der Waals surface area contributed by atoms with Gasteiger partial charge in [0.1, 0.15) is 5.01 Å². The Morgan fingerprint density at radius 3 is 2.88 bits per heavy atom. The summed E-state index contributed by atoms with van der Waals surface area (Å²) in [6, 6.07) is 8.31. The Morgan fingerprint density at radius 1 is 1.31 bits per heavy atom. The lowest BCUT2D eigenvalue weighted by Crippen LogP contribution is -3.14. The highest BCUT2D eigenvalue weighted by atomic mass is 32.1. The van der Waals surface area contributed by atoms with E-state index in [9.17, 15) is 9.59 Å². The van der Waals surface area contributed by atoms with Crippen molar-refractivity contribution < 1.29 is 14.5 Å². The molecular formula is C19H27N4O2S+. The van der Waals surface area contributed by atoms with Crippen LogP contribution in [0.5, 0.6) is 0 Å². The zero-order chi connectivity index (χ0) is 18.5. The predicted octanol–water partition coefficient (Wildman–Crippen LogP) is 0.699. The van der Waals surface area contributed by atoms with E-state index in [0.717, 1.165) is 31.4 Å². The number of nitrogens with one attached hydrogen (secondary N) is 3. The molecule has 2 amide bonds. The molecule has 2 heterocycles. The summed E-state index contributed by atoms with van der Waals surface area (Å²) in [5, 5.41) is 6.68. The fourth-order valence-electron chi connectivity index (χ4n) is 3.43. The van der Waals surface area contributed by atoms with Gasteiger partial charge in [-0.3, -0.25) is 9.59 Å². The van der Waals surface area contributed by atoms with Crippen molar-refractivity contribution in [1.29, 1.82) is 0 Å². The molecule has 1 aromatic carbocycles. The Hall–Kier alpha value is -1.99. The van der Waals surface area contributed by atoms with E-state index in [0.29, 0.717) is 12.5 Å². The highest BCUT2D eigenvalue weighted by molar-refractivity contribution is 7.18. The van der Waals surface area contributed by atoms with Gasteiger partial charge in [-0.1, -0.05) is 12.1 Å². The van der Waals surface area contributed by atoms with Crippen LogP contribution in [0.2, 0.25) is 0 Å². The second-order valence-corrected chi connectivity index (χ2v) is 8.30. The first-order valence-electron chi connectivity index (χ1n) is 9.26. The van der Waals surface area contributed by atoms with Gasteiger partial charge < -0.3 is 15.5 Å². The van der Waals surface area contributed by atoms with E-state index in [1.165, 1.54) is 14.6 Å². The van der Waals surface area contributed by atoms with Crippen molar-refractivity contribution in [3.63, 3.8) is 0 Å². The number of piperidine rings is 1. The van der Waals surface area contributed by atoms with E-state index in [2.05, 4.69) is 22.8 Å². The van der Waals surface area contributed by atoms with Crippen molar-refractivity contribution in [3.8, 4) is 0 Å². The van der Waals surface area contributed by atoms with Gasteiger partial charge in [-0.25, -0.2) is 4.98 Å². The van der Waals surface area contributed by atoms with Crippen LogP contribution in [0, 0.1) is 0 Å². The van der Waals surface area contributed by atoms with Gasteiger partial charge in [0.25, 0.3) is 5.91 Å². The van der Waals surface area contributed by atoms with Crippen molar-refractivity contribution in [3.05, 3.63) is 29.3 Å². The molecule has 1 aliphatic rings. The number of quaternary nitrogens is 1. The molecule has 0 aliphatic carbocycles. The molecule has 140 valence electrons. The summed E-state index contributed by atoms with van der Waals surface area (Å²) < 4.78 is 1.23. The first-order valence-corrected chi connectivity index (χ1v) is 10.1. The molecule has 7 heteroatoms. The van der Waals surface area contributed by atoms with E-state index in [-0.39, 0.29) is 24.4 Å². The normalized spacial score (nSPS) is 20.3. The van der Waals surface area contributed by atoms with Crippen LogP contribution in [0.25, 0.3) is 10.2 Å². The number of para-hydroxylation sites is 1. The van der Waals surface area contributed by atoms with Gasteiger partial charge in [0.15, 0.2) is 6.54 Å². The lowest BCUT2D eigenvalue weighted by atomic mass is 9.99. The predicted molar refractivity (Wildman–Crippen MR) is 103 cm³/mol. The fourth-order valence-corrected chi connectivity index (χ4v) is 4.53. The maximum Gasteiger partial charge on any atom is 0.275 e. The first kappa shape index (κ1) is 18.8. The van der Waals surface area contributed by atoms with Crippen LogP contribution < -0.4 is 15.5 Å². The first-order chi connectivity index (χ1) is 12.5. The minimum Gasteiger partial charge on any atom is -0.352 e. The fraction of sp³-hybridized carbons (Fsp3) is 0.526. The summed E-state index contributed by atoms with van der Waals surface area (Å²) in [5.74, 6) is 0.200. The Balaban J connectivity index is 1.51. The van der Waals surface area contributed by atoms with E-state index in [1.54, 1.807) is 11.3 Å². The summed E-state index contributed by atoms with van der Waals surface area (Å²) >= 11 is 1.77. The summed E-state index contributed by atoms with van der Waals surface area (Å²) in [6.07, 6.45) is 2.22. The molecule has 2 aromatic rings. The van der Waals surface area contributed by atoms with Crippen molar-refractivity contribution in [2.24, 2.45) is 0 Å².